The summed E-state index contributed by atoms with van der Waals surface area (Å²) in [5.41, 5.74) is 8.07. The van der Waals surface area contributed by atoms with Crippen LogP contribution in [0.25, 0.3) is 11.4 Å². The summed E-state index contributed by atoms with van der Waals surface area (Å²) in [7, 11) is 0. The number of nitrogens with two attached hydrogens (primary N) is 1. The second-order valence-electron chi connectivity index (χ2n) is 4.25. The summed E-state index contributed by atoms with van der Waals surface area (Å²) in [4.78, 5) is 8.44. The Kier molecular flexibility index (Phi) is 2.61. The summed E-state index contributed by atoms with van der Waals surface area (Å²) in [5.74, 6) is 0.891. The predicted octanol–water partition coefficient (Wildman–Crippen LogP) is 2.39. The molecule has 1 atom stereocenters. The minimum Gasteiger partial charge on any atom is -0.325 e. The lowest BCUT2D eigenvalue weighted by Gasteiger charge is -2.22. The van der Waals surface area contributed by atoms with Gasteiger partial charge in [-0.15, -0.1) is 0 Å². The maximum atomic E-state index is 6.18. The number of nitrogens with zero attached hydrogens (tertiary/aromatic N) is 3. The Morgan fingerprint density at radius 2 is 2.12 bits per heavy atom. The Hall–Kier alpha value is -1.39. The van der Waals surface area contributed by atoms with Crippen molar-refractivity contribution < 1.29 is 0 Å². The fourth-order valence-corrected chi connectivity index (χ4v) is 2.67. The number of aromatic nitrogens is 3. The zero-order chi connectivity index (χ0) is 11.8. The lowest BCUT2D eigenvalue weighted by atomic mass is 10.1. The van der Waals surface area contributed by atoms with Crippen molar-refractivity contribution in [1.29, 1.82) is 0 Å². The molecule has 2 N–H and O–H groups in total. The van der Waals surface area contributed by atoms with Gasteiger partial charge in [-0.25, -0.2) is 4.98 Å². The molecule has 0 radical (unpaired) electrons. The first-order chi connectivity index (χ1) is 8.27. The van der Waals surface area contributed by atoms with E-state index in [0.29, 0.717) is 5.15 Å². The molecule has 1 aliphatic rings. The number of fused-ring (bicyclic) bond motifs is 1. The van der Waals surface area contributed by atoms with E-state index in [1.165, 1.54) is 0 Å². The molecule has 1 unspecified atom stereocenters. The van der Waals surface area contributed by atoms with Crippen LogP contribution < -0.4 is 5.73 Å². The van der Waals surface area contributed by atoms with Crippen molar-refractivity contribution in [3.63, 3.8) is 0 Å². The number of imidazole rings is 1. The van der Waals surface area contributed by atoms with E-state index in [1.807, 2.05) is 12.1 Å². The smallest absolute Gasteiger partial charge is 0.152 e. The molecule has 2 aromatic rings. The van der Waals surface area contributed by atoms with E-state index >= 15 is 0 Å². The Morgan fingerprint density at radius 3 is 2.88 bits per heavy atom. The summed E-state index contributed by atoms with van der Waals surface area (Å²) >= 11 is 6.18. The van der Waals surface area contributed by atoms with Crippen molar-refractivity contribution in [3.8, 4) is 11.4 Å². The molecule has 0 saturated carbocycles. The first kappa shape index (κ1) is 10.7. The topological polar surface area (TPSA) is 56.7 Å². The van der Waals surface area contributed by atoms with Crippen LogP contribution in [-0.4, -0.2) is 14.5 Å². The number of rotatable bonds is 1. The van der Waals surface area contributed by atoms with Crippen molar-refractivity contribution in [3.05, 3.63) is 35.4 Å². The standard InChI is InChI=1S/C12H13ClN4/c13-11-10-9(14)2-1-7-17(10)12(16-11)8-3-5-15-6-4-8/h3-6,9H,1-2,7,14H2. The van der Waals surface area contributed by atoms with Gasteiger partial charge >= 0.3 is 0 Å². The molecule has 17 heavy (non-hydrogen) atoms. The SMILES string of the molecule is NC1CCCn2c(-c3ccncc3)nc(Cl)c21. The second-order valence-corrected chi connectivity index (χ2v) is 4.61. The average Bonchev–Trinajstić information content (AvgIpc) is 2.69. The van der Waals surface area contributed by atoms with Gasteiger partial charge < -0.3 is 10.3 Å². The first-order valence-corrected chi connectivity index (χ1v) is 6.07. The molecule has 0 aromatic carbocycles. The highest BCUT2D eigenvalue weighted by molar-refractivity contribution is 6.30. The van der Waals surface area contributed by atoms with Crippen LogP contribution in [0.3, 0.4) is 0 Å². The van der Waals surface area contributed by atoms with Gasteiger partial charge in [-0.1, -0.05) is 11.6 Å². The third-order valence-corrected chi connectivity index (χ3v) is 3.43. The molecule has 2 aromatic heterocycles. The third kappa shape index (κ3) is 1.73. The first-order valence-electron chi connectivity index (χ1n) is 5.69. The van der Waals surface area contributed by atoms with Gasteiger partial charge in [-0.05, 0) is 25.0 Å². The van der Waals surface area contributed by atoms with Gasteiger partial charge in [-0.2, -0.15) is 0 Å². The van der Waals surface area contributed by atoms with E-state index in [9.17, 15) is 0 Å². The number of pyridine rings is 1. The van der Waals surface area contributed by atoms with Gasteiger partial charge in [0.25, 0.3) is 0 Å². The maximum absolute atomic E-state index is 6.18. The summed E-state index contributed by atoms with van der Waals surface area (Å²) in [5, 5.41) is 0.531. The van der Waals surface area contributed by atoms with Gasteiger partial charge in [0.1, 0.15) is 5.82 Å². The zero-order valence-corrected chi connectivity index (χ0v) is 10.1. The van der Waals surface area contributed by atoms with Crippen LogP contribution >= 0.6 is 11.6 Å². The van der Waals surface area contributed by atoms with E-state index in [-0.39, 0.29) is 6.04 Å². The molecule has 3 heterocycles. The zero-order valence-electron chi connectivity index (χ0n) is 9.31. The van der Waals surface area contributed by atoms with Crippen LogP contribution in [0.15, 0.2) is 24.5 Å². The largest absolute Gasteiger partial charge is 0.325 e. The van der Waals surface area contributed by atoms with E-state index < -0.39 is 0 Å². The summed E-state index contributed by atoms with van der Waals surface area (Å²) in [6.07, 6.45) is 5.56. The van der Waals surface area contributed by atoms with E-state index in [2.05, 4.69) is 14.5 Å². The van der Waals surface area contributed by atoms with E-state index in [4.69, 9.17) is 17.3 Å². The molecule has 0 aliphatic carbocycles. The molecular weight excluding hydrogens is 236 g/mol. The highest BCUT2D eigenvalue weighted by Gasteiger charge is 2.25. The van der Waals surface area contributed by atoms with Crippen LogP contribution in [0.4, 0.5) is 0 Å². The van der Waals surface area contributed by atoms with Crippen molar-refractivity contribution in [1.82, 2.24) is 14.5 Å². The molecular formula is C12H13ClN4. The Balaban J connectivity index is 2.17. The maximum Gasteiger partial charge on any atom is 0.152 e. The highest BCUT2D eigenvalue weighted by Crippen LogP contribution is 2.33. The number of hydrogen-bond acceptors (Lipinski definition) is 3. The van der Waals surface area contributed by atoms with Crippen molar-refractivity contribution in [2.24, 2.45) is 5.73 Å². The van der Waals surface area contributed by atoms with Crippen LogP contribution in [0.2, 0.25) is 5.15 Å². The monoisotopic (exact) mass is 248 g/mol. The minimum atomic E-state index is -0.000614. The number of halogens is 1. The van der Waals surface area contributed by atoms with Gasteiger partial charge in [0.2, 0.25) is 0 Å². The fourth-order valence-electron chi connectivity index (χ4n) is 2.34. The highest BCUT2D eigenvalue weighted by atomic mass is 35.5. The quantitative estimate of drug-likeness (QED) is 0.843. The molecule has 0 fully saturated rings. The average molecular weight is 249 g/mol. The van der Waals surface area contributed by atoms with Crippen LogP contribution in [0.1, 0.15) is 24.6 Å². The Morgan fingerprint density at radius 1 is 1.35 bits per heavy atom. The molecule has 0 saturated heterocycles. The second kappa shape index (κ2) is 4.13. The van der Waals surface area contributed by atoms with Gasteiger partial charge in [0, 0.05) is 30.5 Å². The van der Waals surface area contributed by atoms with E-state index in [0.717, 1.165) is 36.5 Å². The lowest BCUT2D eigenvalue weighted by molar-refractivity contribution is 0.466. The third-order valence-electron chi connectivity index (χ3n) is 3.15. The molecule has 4 nitrogen and oxygen atoms in total. The molecule has 0 bridgehead atoms. The van der Waals surface area contributed by atoms with Crippen molar-refractivity contribution in [2.75, 3.05) is 0 Å². The fraction of sp³-hybridized carbons (Fsp3) is 0.333. The molecule has 5 heteroatoms. The van der Waals surface area contributed by atoms with Crippen molar-refractivity contribution in [2.45, 2.75) is 25.4 Å². The normalized spacial score (nSPS) is 19.1. The van der Waals surface area contributed by atoms with Crippen LogP contribution in [-0.2, 0) is 6.54 Å². The molecule has 1 aliphatic heterocycles. The van der Waals surface area contributed by atoms with Crippen molar-refractivity contribution >= 4 is 11.6 Å². The Labute approximate surface area is 104 Å². The predicted molar refractivity (Wildman–Crippen MR) is 66.6 cm³/mol. The molecule has 88 valence electrons. The number of hydrogen-bond donors (Lipinski definition) is 1. The molecule has 0 amide bonds. The van der Waals surface area contributed by atoms with Gasteiger partial charge in [0.15, 0.2) is 5.15 Å². The summed E-state index contributed by atoms with van der Waals surface area (Å²) < 4.78 is 2.13. The summed E-state index contributed by atoms with van der Waals surface area (Å²) in [6.45, 7) is 0.931. The molecule has 3 rings (SSSR count). The Bertz CT molecular complexity index is 535. The summed E-state index contributed by atoms with van der Waals surface area (Å²) in [6, 6.07) is 3.87. The van der Waals surface area contributed by atoms with Crippen LogP contribution in [0.5, 0.6) is 0 Å². The van der Waals surface area contributed by atoms with Gasteiger partial charge in [-0.3, -0.25) is 4.98 Å². The lowest BCUT2D eigenvalue weighted by Crippen LogP contribution is -2.22. The van der Waals surface area contributed by atoms with Gasteiger partial charge in [0.05, 0.1) is 5.69 Å². The van der Waals surface area contributed by atoms with E-state index in [1.54, 1.807) is 12.4 Å². The minimum absolute atomic E-state index is 0.000614. The molecule has 0 spiro atoms. The van der Waals surface area contributed by atoms with Crippen LogP contribution in [0, 0.1) is 0 Å².